The molecule has 4 nitrogen and oxygen atoms in total. The van der Waals surface area contributed by atoms with Gasteiger partial charge < -0.3 is 0 Å². The normalized spacial score (nSPS) is 13.5. The average molecular weight is 268 g/mol. The molecule has 0 heterocycles. The van der Waals surface area contributed by atoms with E-state index in [0.29, 0.717) is 0 Å². The maximum absolute atomic E-state index is 10.2. The Hall–Kier alpha value is -0.814. The van der Waals surface area contributed by atoms with Crippen LogP contribution in [0, 0.1) is 16.2 Å². The fourth-order valence-electron chi connectivity index (χ4n) is 0.544. The molecular weight excluding hydrogens is 251 g/mol. The van der Waals surface area contributed by atoms with Crippen molar-refractivity contribution in [3.05, 3.63) is 40.5 Å². The second-order valence-electron chi connectivity index (χ2n) is 4.26. The third kappa shape index (κ3) is 5.32. The van der Waals surface area contributed by atoms with E-state index in [1.165, 1.54) is 0 Å². The van der Waals surface area contributed by atoms with E-state index in [-0.39, 0.29) is 16.8 Å². The molecule has 0 bridgehead atoms. The van der Waals surface area contributed by atoms with Crippen LogP contribution in [0.15, 0.2) is 34.7 Å². The standard InChI is InChI=1S/C6H12N2O2.C5H5.Co/c1-5(2,7-9)6(3,4)8-10;1-2-4-5-3-1;/h1-4H3;1-5H;. The van der Waals surface area contributed by atoms with E-state index in [2.05, 4.69) is 10.4 Å². The van der Waals surface area contributed by atoms with Gasteiger partial charge >= 0.3 is 0 Å². The second-order valence-corrected chi connectivity index (χ2v) is 4.26. The molecule has 0 aromatic rings. The van der Waals surface area contributed by atoms with Crippen LogP contribution >= 0.6 is 0 Å². The molecule has 1 aliphatic rings. The van der Waals surface area contributed by atoms with Gasteiger partial charge in [-0.3, -0.25) is 0 Å². The quantitative estimate of drug-likeness (QED) is 0.736. The molecule has 0 fully saturated rings. The molecule has 0 saturated heterocycles. The minimum atomic E-state index is -0.922. The Kier molecular flexibility index (Phi) is 8.19. The Morgan fingerprint density at radius 2 is 1.06 bits per heavy atom. The molecule has 0 spiro atoms. The van der Waals surface area contributed by atoms with Crippen LogP contribution in [0.4, 0.5) is 0 Å². The first kappa shape index (κ1) is 17.6. The van der Waals surface area contributed by atoms with Crippen molar-refractivity contribution in [1.29, 1.82) is 0 Å². The van der Waals surface area contributed by atoms with Gasteiger partial charge in [-0.05, 0) is 27.7 Å². The van der Waals surface area contributed by atoms with Crippen LogP contribution in [0.2, 0.25) is 0 Å². The van der Waals surface area contributed by atoms with Gasteiger partial charge in [0.25, 0.3) is 0 Å². The van der Waals surface area contributed by atoms with E-state index < -0.39 is 11.1 Å². The summed E-state index contributed by atoms with van der Waals surface area (Å²) in [6.07, 6.45) is 10.0. The van der Waals surface area contributed by atoms with E-state index >= 15 is 0 Å². The van der Waals surface area contributed by atoms with Gasteiger partial charge in [-0.2, -0.15) is 9.81 Å². The fraction of sp³-hybridized carbons (Fsp3) is 0.545. The fourth-order valence-corrected chi connectivity index (χ4v) is 0.544. The second kappa shape index (κ2) is 7.46. The van der Waals surface area contributed by atoms with E-state index in [1.807, 2.05) is 30.7 Å². The summed E-state index contributed by atoms with van der Waals surface area (Å²) in [6, 6.07) is 0. The molecule has 0 amide bonds. The van der Waals surface area contributed by atoms with E-state index in [4.69, 9.17) is 0 Å². The average Bonchev–Trinajstić information content (AvgIpc) is 2.75. The molecule has 0 aromatic heterocycles. The Balaban J connectivity index is 0. The first-order valence-electron chi connectivity index (χ1n) is 4.73. The maximum atomic E-state index is 10.2. The predicted octanol–water partition coefficient (Wildman–Crippen LogP) is 3.39. The summed E-state index contributed by atoms with van der Waals surface area (Å²) in [7, 11) is 0. The number of nitroso groups, excluding NO2 is 2. The van der Waals surface area contributed by atoms with Crippen molar-refractivity contribution in [2.45, 2.75) is 38.8 Å². The van der Waals surface area contributed by atoms with Crippen molar-refractivity contribution in [3.63, 3.8) is 0 Å². The van der Waals surface area contributed by atoms with Crippen LogP contribution in [0.25, 0.3) is 0 Å². The molecule has 1 rings (SSSR count). The SMILES string of the molecule is CC(C)(N=O)C(C)(C)N=O.[CH]1C=CC=C1.[Co]. The zero-order valence-corrected chi connectivity index (χ0v) is 11.0. The molecule has 0 N–H and O–H groups in total. The number of allylic oxidation sites excluding steroid dienone is 4. The van der Waals surface area contributed by atoms with Crippen molar-refractivity contribution in [2.24, 2.45) is 10.4 Å². The Bertz CT molecular complexity index is 256. The van der Waals surface area contributed by atoms with Gasteiger partial charge in [0.15, 0.2) is 0 Å². The van der Waals surface area contributed by atoms with E-state index in [1.54, 1.807) is 27.7 Å². The Morgan fingerprint density at radius 3 is 1.19 bits per heavy atom. The van der Waals surface area contributed by atoms with Crippen LogP contribution in [0.5, 0.6) is 0 Å². The van der Waals surface area contributed by atoms with Crippen molar-refractivity contribution >= 4 is 0 Å². The molecule has 0 atom stereocenters. The van der Waals surface area contributed by atoms with Crippen molar-refractivity contribution in [2.75, 3.05) is 0 Å². The number of nitrogens with zero attached hydrogens (tertiary/aromatic N) is 2. The molecule has 0 saturated carbocycles. The minimum absolute atomic E-state index is 0. The van der Waals surface area contributed by atoms with Crippen LogP contribution in [0.1, 0.15) is 27.7 Å². The first-order valence-corrected chi connectivity index (χ1v) is 4.73. The number of rotatable bonds is 3. The van der Waals surface area contributed by atoms with Crippen LogP contribution < -0.4 is 0 Å². The molecule has 92 valence electrons. The molecule has 2 radical (unpaired) electrons. The zero-order chi connectivity index (χ0) is 11.9. The predicted molar refractivity (Wildman–Crippen MR) is 62.3 cm³/mol. The van der Waals surface area contributed by atoms with Gasteiger partial charge in [-0.25, -0.2) is 0 Å². The molecular formula is C11H17CoN2O2. The summed E-state index contributed by atoms with van der Waals surface area (Å²) in [5, 5.41) is 5.64. The van der Waals surface area contributed by atoms with E-state index in [0.717, 1.165) is 0 Å². The Labute approximate surface area is 107 Å². The summed E-state index contributed by atoms with van der Waals surface area (Å²) >= 11 is 0. The van der Waals surface area contributed by atoms with Gasteiger partial charge in [0.1, 0.15) is 11.1 Å². The molecule has 0 unspecified atom stereocenters. The van der Waals surface area contributed by atoms with E-state index in [9.17, 15) is 9.81 Å². The molecule has 16 heavy (non-hydrogen) atoms. The van der Waals surface area contributed by atoms with Gasteiger partial charge in [0.05, 0.1) is 0 Å². The van der Waals surface area contributed by atoms with Gasteiger partial charge in [-0.1, -0.05) is 34.7 Å². The van der Waals surface area contributed by atoms with Gasteiger partial charge in [0, 0.05) is 23.2 Å². The third-order valence-electron chi connectivity index (χ3n) is 2.51. The summed E-state index contributed by atoms with van der Waals surface area (Å²) in [6.45, 7) is 6.34. The number of hydrogen-bond donors (Lipinski definition) is 0. The number of hydrogen-bond acceptors (Lipinski definition) is 4. The topological polar surface area (TPSA) is 58.9 Å². The maximum Gasteiger partial charge on any atom is 0.125 e. The zero-order valence-electron chi connectivity index (χ0n) is 9.93. The van der Waals surface area contributed by atoms with Crippen molar-refractivity contribution in [1.82, 2.24) is 0 Å². The van der Waals surface area contributed by atoms with Crippen LogP contribution in [-0.4, -0.2) is 11.1 Å². The summed E-state index contributed by atoms with van der Waals surface area (Å²) in [5.41, 5.74) is -1.84. The molecule has 5 heteroatoms. The third-order valence-corrected chi connectivity index (χ3v) is 2.51. The molecule has 1 aliphatic carbocycles. The monoisotopic (exact) mass is 268 g/mol. The van der Waals surface area contributed by atoms with Crippen LogP contribution in [0.3, 0.4) is 0 Å². The molecule has 0 aliphatic heterocycles. The van der Waals surface area contributed by atoms with Crippen molar-refractivity contribution < 1.29 is 16.8 Å². The van der Waals surface area contributed by atoms with Gasteiger partial charge in [-0.15, -0.1) is 0 Å². The Morgan fingerprint density at radius 1 is 0.750 bits per heavy atom. The summed E-state index contributed by atoms with van der Waals surface area (Å²) < 4.78 is 0. The summed E-state index contributed by atoms with van der Waals surface area (Å²) in [4.78, 5) is 20.4. The minimum Gasteiger partial charge on any atom is -0.150 e. The smallest absolute Gasteiger partial charge is 0.125 e. The first-order chi connectivity index (χ1) is 6.87. The van der Waals surface area contributed by atoms with Crippen LogP contribution in [-0.2, 0) is 16.8 Å². The molecule has 0 aromatic carbocycles. The summed E-state index contributed by atoms with van der Waals surface area (Å²) in [5.74, 6) is 0. The van der Waals surface area contributed by atoms with Crippen molar-refractivity contribution in [3.8, 4) is 0 Å². The largest absolute Gasteiger partial charge is 0.150 e. The van der Waals surface area contributed by atoms with Gasteiger partial charge in [0.2, 0.25) is 0 Å².